The van der Waals surface area contributed by atoms with Gasteiger partial charge in [0, 0.05) is 24.9 Å². The molecule has 0 aliphatic carbocycles. The molecular weight excluding hydrogens is 347 g/mol. The Morgan fingerprint density at radius 3 is 2.93 bits per heavy atom. The van der Waals surface area contributed by atoms with Crippen molar-refractivity contribution in [1.82, 2.24) is 20.6 Å². The minimum Gasteiger partial charge on any atom is -0.496 e. The molecule has 1 saturated heterocycles. The number of aryl methyl sites for hydroxylation is 1. The van der Waals surface area contributed by atoms with Gasteiger partial charge in [0.2, 0.25) is 0 Å². The fourth-order valence-corrected chi connectivity index (χ4v) is 3.56. The number of halogens is 1. The van der Waals surface area contributed by atoms with Crippen LogP contribution in [0.2, 0.25) is 0 Å². The van der Waals surface area contributed by atoms with Crippen molar-refractivity contribution >= 4 is 5.57 Å². The summed E-state index contributed by atoms with van der Waals surface area (Å²) < 4.78 is 25.6. The van der Waals surface area contributed by atoms with E-state index in [9.17, 15) is 4.39 Å². The molecule has 0 bridgehead atoms. The fraction of sp³-hybridized carbons (Fsp3) is 0.400. The van der Waals surface area contributed by atoms with Crippen molar-refractivity contribution < 1.29 is 13.9 Å². The average Bonchev–Trinajstić information content (AvgIpc) is 3.33. The maximum absolute atomic E-state index is 14.4. The zero-order valence-corrected chi connectivity index (χ0v) is 15.5. The highest BCUT2D eigenvalue weighted by atomic mass is 19.1. The van der Waals surface area contributed by atoms with Gasteiger partial charge in [0.25, 0.3) is 0 Å². The van der Waals surface area contributed by atoms with Crippen LogP contribution in [0, 0.1) is 12.7 Å². The van der Waals surface area contributed by atoms with Gasteiger partial charge in [-0.05, 0) is 43.7 Å². The number of hydrogen-bond donors (Lipinski definition) is 2. The Labute approximate surface area is 157 Å². The summed E-state index contributed by atoms with van der Waals surface area (Å²) in [7, 11) is 1.55. The summed E-state index contributed by atoms with van der Waals surface area (Å²) in [6, 6.07) is 7.14. The van der Waals surface area contributed by atoms with Gasteiger partial charge >= 0.3 is 6.01 Å². The highest BCUT2D eigenvalue weighted by Crippen LogP contribution is 2.37. The lowest BCUT2D eigenvalue weighted by Gasteiger charge is -2.16. The topological polar surface area (TPSA) is 68.3 Å². The normalized spacial score (nSPS) is 21.7. The molecule has 2 unspecified atom stereocenters. The fourth-order valence-electron chi connectivity index (χ4n) is 3.56. The Morgan fingerprint density at radius 2 is 2.15 bits per heavy atom. The molecule has 27 heavy (non-hydrogen) atoms. The number of aromatic nitrogens is 2. The molecule has 4 rings (SSSR count). The summed E-state index contributed by atoms with van der Waals surface area (Å²) in [5, 5.41) is 6.57. The molecule has 0 radical (unpaired) electrons. The number of benzene rings is 1. The van der Waals surface area contributed by atoms with Gasteiger partial charge < -0.3 is 20.1 Å². The van der Waals surface area contributed by atoms with Gasteiger partial charge in [0.1, 0.15) is 17.7 Å². The highest BCUT2D eigenvalue weighted by molar-refractivity contribution is 5.73. The van der Waals surface area contributed by atoms with E-state index in [-0.39, 0.29) is 18.0 Å². The smallest absolute Gasteiger partial charge is 0.317 e. The van der Waals surface area contributed by atoms with Crippen molar-refractivity contribution in [2.75, 3.05) is 20.2 Å². The van der Waals surface area contributed by atoms with Crippen LogP contribution in [-0.4, -0.2) is 36.3 Å². The molecule has 2 N–H and O–H groups in total. The Morgan fingerprint density at radius 1 is 1.26 bits per heavy atom. The van der Waals surface area contributed by atoms with E-state index in [1.54, 1.807) is 19.2 Å². The lowest BCUT2D eigenvalue weighted by atomic mass is 9.99. The largest absolute Gasteiger partial charge is 0.496 e. The lowest BCUT2D eigenvalue weighted by Crippen LogP contribution is -2.21. The first kappa shape index (κ1) is 17.7. The molecule has 142 valence electrons. The minimum atomic E-state index is -0.292. The van der Waals surface area contributed by atoms with Crippen LogP contribution < -0.4 is 20.1 Å². The van der Waals surface area contributed by atoms with Crippen LogP contribution in [-0.2, 0) is 0 Å². The van der Waals surface area contributed by atoms with Crippen molar-refractivity contribution in [3.63, 3.8) is 0 Å². The van der Waals surface area contributed by atoms with Crippen molar-refractivity contribution in [2.45, 2.75) is 31.9 Å². The Hall–Kier alpha value is -2.67. The van der Waals surface area contributed by atoms with Crippen LogP contribution in [0.15, 0.2) is 30.5 Å². The number of ether oxygens (including phenoxy) is 2. The highest BCUT2D eigenvalue weighted by Gasteiger charge is 2.26. The van der Waals surface area contributed by atoms with Crippen LogP contribution in [0.1, 0.15) is 35.8 Å². The summed E-state index contributed by atoms with van der Waals surface area (Å²) in [4.78, 5) is 8.99. The monoisotopic (exact) mass is 370 g/mol. The van der Waals surface area contributed by atoms with E-state index in [1.807, 2.05) is 19.2 Å². The molecule has 0 saturated carbocycles. The van der Waals surface area contributed by atoms with E-state index >= 15 is 0 Å². The van der Waals surface area contributed by atoms with Gasteiger partial charge in [-0.25, -0.2) is 9.37 Å². The molecule has 0 spiro atoms. The Kier molecular flexibility index (Phi) is 4.94. The predicted octanol–water partition coefficient (Wildman–Crippen LogP) is 2.75. The first-order valence-electron chi connectivity index (χ1n) is 9.15. The number of nitrogens with zero attached hydrogens (tertiary/aromatic N) is 2. The second-order valence-corrected chi connectivity index (χ2v) is 6.86. The number of nitrogens with one attached hydrogen (secondary N) is 2. The third kappa shape index (κ3) is 3.73. The molecule has 0 amide bonds. The third-order valence-corrected chi connectivity index (χ3v) is 4.90. The first-order chi connectivity index (χ1) is 13.1. The average molecular weight is 370 g/mol. The zero-order chi connectivity index (χ0) is 18.8. The van der Waals surface area contributed by atoms with Crippen LogP contribution >= 0.6 is 0 Å². The lowest BCUT2D eigenvalue weighted by molar-refractivity contribution is 0.203. The predicted molar refractivity (Wildman–Crippen MR) is 100 cm³/mol. The number of hydrogen-bond acceptors (Lipinski definition) is 6. The van der Waals surface area contributed by atoms with Gasteiger partial charge in [0.05, 0.1) is 24.4 Å². The summed E-state index contributed by atoms with van der Waals surface area (Å²) >= 11 is 0. The molecule has 2 aromatic rings. The molecule has 3 heterocycles. The summed E-state index contributed by atoms with van der Waals surface area (Å²) in [5.41, 5.74) is 3.03. The van der Waals surface area contributed by atoms with E-state index in [1.165, 1.54) is 6.07 Å². The van der Waals surface area contributed by atoms with E-state index in [0.717, 1.165) is 36.5 Å². The van der Waals surface area contributed by atoms with Crippen molar-refractivity contribution in [3.8, 4) is 11.8 Å². The zero-order valence-electron chi connectivity index (χ0n) is 15.5. The molecule has 1 fully saturated rings. The van der Waals surface area contributed by atoms with E-state index < -0.39 is 0 Å². The van der Waals surface area contributed by atoms with Gasteiger partial charge in [0.15, 0.2) is 0 Å². The minimum absolute atomic E-state index is 0.0601. The molecule has 7 heteroatoms. The maximum atomic E-state index is 14.4. The SMILES string of the molecule is COc1cccc(F)c1C1=CNC(c2cc(C)nc(OC3CCNC3)n2)C1. The van der Waals surface area contributed by atoms with Crippen molar-refractivity contribution in [3.05, 3.63) is 53.2 Å². The summed E-state index contributed by atoms with van der Waals surface area (Å²) in [6.07, 6.45) is 3.50. The van der Waals surface area contributed by atoms with E-state index in [0.29, 0.717) is 23.7 Å². The number of rotatable bonds is 5. The van der Waals surface area contributed by atoms with E-state index in [2.05, 4.69) is 20.6 Å². The molecule has 1 aromatic carbocycles. The van der Waals surface area contributed by atoms with Crippen molar-refractivity contribution in [1.29, 1.82) is 0 Å². The summed E-state index contributed by atoms with van der Waals surface area (Å²) in [5.74, 6) is 0.236. The Balaban J connectivity index is 1.54. The van der Waals surface area contributed by atoms with Crippen LogP contribution in [0.3, 0.4) is 0 Å². The summed E-state index contributed by atoms with van der Waals surface area (Å²) in [6.45, 7) is 3.69. The number of methoxy groups -OCH3 is 1. The standard InChI is InChI=1S/C20H23FN4O2/c1-12-8-17(25-20(24-12)27-14-6-7-22-11-14)16-9-13(10-23-16)19-15(21)4-3-5-18(19)26-2/h3-5,8,10,14,16,22-23H,6-7,9,11H2,1-2H3. The molecular formula is C20H23FN4O2. The molecule has 2 atom stereocenters. The maximum Gasteiger partial charge on any atom is 0.317 e. The molecule has 2 aliphatic rings. The first-order valence-corrected chi connectivity index (χ1v) is 9.15. The molecule has 6 nitrogen and oxygen atoms in total. The van der Waals surface area contributed by atoms with Crippen molar-refractivity contribution in [2.24, 2.45) is 0 Å². The van der Waals surface area contributed by atoms with Crippen LogP contribution in [0.4, 0.5) is 4.39 Å². The van der Waals surface area contributed by atoms with Crippen LogP contribution in [0.5, 0.6) is 11.8 Å². The second kappa shape index (κ2) is 7.52. The van der Waals surface area contributed by atoms with Gasteiger partial charge in [-0.1, -0.05) is 6.07 Å². The van der Waals surface area contributed by atoms with Gasteiger partial charge in [-0.3, -0.25) is 0 Å². The molecule has 2 aliphatic heterocycles. The molecule has 1 aromatic heterocycles. The quantitative estimate of drug-likeness (QED) is 0.844. The van der Waals surface area contributed by atoms with Crippen LogP contribution in [0.25, 0.3) is 5.57 Å². The van der Waals surface area contributed by atoms with Gasteiger partial charge in [-0.15, -0.1) is 0 Å². The van der Waals surface area contributed by atoms with E-state index in [4.69, 9.17) is 9.47 Å². The second-order valence-electron chi connectivity index (χ2n) is 6.86. The van der Waals surface area contributed by atoms with Gasteiger partial charge in [-0.2, -0.15) is 4.98 Å². The third-order valence-electron chi connectivity index (χ3n) is 4.90. The Bertz CT molecular complexity index is 865.